The Kier molecular flexibility index (Phi) is 6.88. The van der Waals surface area contributed by atoms with E-state index in [4.69, 9.17) is 14.5 Å². The first-order chi connectivity index (χ1) is 14.7. The standard InChI is InChI=1S/C25H32N2O2S/c1-4-5-12-30-25-9-7-18-6-8-21(15-22(18)25)26-17-27-11-10-19-13-23(28-2)24(29-3)14-20(19)16-27/h6,8,13-15,17,25H,4-5,7,9-12,16H2,1-3H3/b26-17+. The summed E-state index contributed by atoms with van der Waals surface area (Å²) >= 11 is 2.12. The van der Waals surface area contributed by atoms with Crippen molar-refractivity contribution in [2.45, 2.75) is 50.8 Å². The number of hydrogen-bond acceptors (Lipinski definition) is 4. The van der Waals surface area contributed by atoms with Crippen molar-refractivity contribution < 1.29 is 9.47 Å². The molecule has 0 saturated carbocycles. The number of ether oxygens (including phenoxy) is 2. The predicted octanol–water partition coefficient (Wildman–Crippen LogP) is 5.94. The maximum absolute atomic E-state index is 5.48. The first-order valence-electron chi connectivity index (χ1n) is 11.0. The van der Waals surface area contributed by atoms with Crippen LogP contribution in [0.4, 0.5) is 5.69 Å². The quantitative estimate of drug-likeness (QED) is 0.298. The highest BCUT2D eigenvalue weighted by Gasteiger charge is 2.23. The molecule has 0 amide bonds. The summed E-state index contributed by atoms with van der Waals surface area (Å²) in [6, 6.07) is 11.0. The molecule has 2 aromatic rings. The van der Waals surface area contributed by atoms with Gasteiger partial charge in [0, 0.05) is 18.3 Å². The minimum absolute atomic E-state index is 0.644. The smallest absolute Gasteiger partial charge is 0.161 e. The van der Waals surface area contributed by atoms with Gasteiger partial charge in [-0.1, -0.05) is 19.4 Å². The average Bonchev–Trinajstić information content (AvgIpc) is 3.19. The lowest BCUT2D eigenvalue weighted by molar-refractivity contribution is 0.349. The molecule has 4 rings (SSSR count). The van der Waals surface area contributed by atoms with Gasteiger partial charge in [-0.25, -0.2) is 4.99 Å². The molecule has 5 heteroatoms. The van der Waals surface area contributed by atoms with Gasteiger partial charge in [-0.15, -0.1) is 0 Å². The predicted molar refractivity (Wildman–Crippen MR) is 127 cm³/mol. The molecular weight excluding hydrogens is 392 g/mol. The van der Waals surface area contributed by atoms with Crippen molar-refractivity contribution in [3.8, 4) is 11.5 Å². The van der Waals surface area contributed by atoms with Gasteiger partial charge >= 0.3 is 0 Å². The largest absolute Gasteiger partial charge is 0.493 e. The van der Waals surface area contributed by atoms with Crippen LogP contribution in [0.2, 0.25) is 0 Å². The molecule has 0 bridgehead atoms. The maximum Gasteiger partial charge on any atom is 0.161 e. The highest BCUT2D eigenvalue weighted by Crippen LogP contribution is 2.43. The van der Waals surface area contributed by atoms with Gasteiger partial charge in [-0.3, -0.25) is 0 Å². The number of unbranched alkanes of at least 4 members (excludes halogenated alkanes) is 1. The average molecular weight is 425 g/mol. The summed E-state index contributed by atoms with van der Waals surface area (Å²) in [7, 11) is 3.38. The van der Waals surface area contributed by atoms with E-state index < -0.39 is 0 Å². The Labute approximate surface area is 184 Å². The first-order valence-corrected chi connectivity index (χ1v) is 12.0. The number of benzene rings is 2. The van der Waals surface area contributed by atoms with Crippen LogP contribution in [-0.4, -0.2) is 37.8 Å². The Balaban J connectivity index is 1.44. The summed E-state index contributed by atoms with van der Waals surface area (Å²) in [5.41, 5.74) is 6.70. The van der Waals surface area contributed by atoms with E-state index in [9.17, 15) is 0 Å². The number of aryl methyl sites for hydroxylation is 1. The lowest BCUT2D eigenvalue weighted by Gasteiger charge is -2.27. The van der Waals surface area contributed by atoms with Crippen molar-refractivity contribution in [2.75, 3.05) is 26.5 Å². The second-order valence-electron chi connectivity index (χ2n) is 8.08. The zero-order chi connectivity index (χ0) is 20.9. The van der Waals surface area contributed by atoms with Crippen molar-refractivity contribution in [3.63, 3.8) is 0 Å². The molecule has 2 aliphatic rings. The number of hydrogen-bond donors (Lipinski definition) is 0. The van der Waals surface area contributed by atoms with Crippen molar-refractivity contribution in [3.05, 3.63) is 52.6 Å². The zero-order valence-electron chi connectivity index (χ0n) is 18.3. The van der Waals surface area contributed by atoms with Crippen molar-refractivity contribution in [1.82, 2.24) is 4.90 Å². The summed E-state index contributed by atoms with van der Waals surface area (Å²) in [5.74, 6) is 2.86. The SMILES string of the molecule is CCCCSC1CCc2ccc(/N=C/N3CCc4cc(OC)c(OC)cc4C3)cc21. The van der Waals surface area contributed by atoms with Gasteiger partial charge in [0.1, 0.15) is 0 Å². The Morgan fingerprint density at radius 1 is 1.07 bits per heavy atom. The Morgan fingerprint density at radius 2 is 1.87 bits per heavy atom. The van der Waals surface area contributed by atoms with Crippen LogP contribution in [0.5, 0.6) is 11.5 Å². The number of nitrogens with zero attached hydrogens (tertiary/aromatic N) is 2. The summed E-state index contributed by atoms with van der Waals surface area (Å²) in [5, 5.41) is 0.644. The molecule has 1 aliphatic heterocycles. The number of methoxy groups -OCH3 is 2. The lowest BCUT2D eigenvalue weighted by atomic mass is 9.99. The van der Waals surface area contributed by atoms with Gasteiger partial charge in [0.2, 0.25) is 0 Å². The van der Waals surface area contributed by atoms with Crippen LogP contribution < -0.4 is 9.47 Å². The van der Waals surface area contributed by atoms with Crippen LogP contribution in [0.1, 0.15) is 53.7 Å². The van der Waals surface area contributed by atoms with E-state index in [-0.39, 0.29) is 0 Å². The second kappa shape index (κ2) is 9.78. The molecule has 0 fully saturated rings. The molecule has 1 unspecified atom stereocenters. The topological polar surface area (TPSA) is 34.1 Å². The summed E-state index contributed by atoms with van der Waals surface area (Å²) in [6.07, 6.45) is 8.05. The molecule has 0 N–H and O–H groups in total. The highest BCUT2D eigenvalue weighted by molar-refractivity contribution is 7.99. The fourth-order valence-electron chi connectivity index (χ4n) is 4.33. The second-order valence-corrected chi connectivity index (χ2v) is 9.39. The van der Waals surface area contributed by atoms with Crippen LogP contribution in [0.25, 0.3) is 0 Å². The number of fused-ring (bicyclic) bond motifs is 2. The molecule has 1 atom stereocenters. The van der Waals surface area contributed by atoms with E-state index in [2.05, 4.69) is 53.9 Å². The molecule has 1 heterocycles. The summed E-state index contributed by atoms with van der Waals surface area (Å²) in [6.45, 7) is 4.08. The molecule has 0 radical (unpaired) electrons. The molecule has 0 aromatic heterocycles. The van der Waals surface area contributed by atoms with E-state index in [1.807, 2.05) is 6.34 Å². The molecular formula is C25H32N2O2S. The number of rotatable bonds is 8. The number of aliphatic imine (C=N–C) groups is 1. The molecule has 4 nitrogen and oxygen atoms in total. The van der Waals surface area contributed by atoms with E-state index in [0.29, 0.717) is 5.25 Å². The minimum Gasteiger partial charge on any atom is -0.493 e. The van der Waals surface area contributed by atoms with Gasteiger partial charge in [0.25, 0.3) is 0 Å². The van der Waals surface area contributed by atoms with Crippen LogP contribution in [0.3, 0.4) is 0 Å². The van der Waals surface area contributed by atoms with Crippen molar-refractivity contribution in [2.24, 2.45) is 4.99 Å². The maximum atomic E-state index is 5.48. The fourth-order valence-corrected chi connectivity index (χ4v) is 5.75. The minimum atomic E-state index is 0.644. The third-order valence-electron chi connectivity index (χ3n) is 6.09. The molecule has 1 aliphatic carbocycles. The molecule has 160 valence electrons. The van der Waals surface area contributed by atoms with E-state index in [1.54, 1.807) is 14.2 Å². The molecule has 2 aromatic carbocycles. The van der Waals surface area contributed by atoms with Gasteiger partial charge in [-0.2, -0.15) is 11.8 Å². The lowest BCUT2D eigenvalue weighted by Crippen LogP contribution is -2.29. The highest BCUT2D eigenvalue weighted by atomic mass is 32.2. The van der Waals surface area contributed by atoms with Gasteiger partial charge < -0.3 is 14.4 Å². The third kappa shape index (κ3) is 4.61. The summed E-state index contributed by atoms with van der Waals surface area (Å²) in [4.78, 5) is 7.11. The van der Waals surface area contributed by atoms with Gasteiger partial charge in [0.05, 0.1) is 26.2 Å². The van der Waals surface area contributed by atoms with Gasteiger partial charge in [0.15, 0.2) is 11.5 Å². The Hall–Kier alpha value is -2.14. The van der Waals surface area contributed by atoms with E-state index in [0.717, 1.165) is 36.7 Å². The van der Waals surface area contributed by atoms with E-state index >= 15 is 0 Å². The Morgan fingerprint density at radius 3 is 2.63 bits per heavy atom. The Bertz CT molecular complexity index is 912. The van der Waals surface area contributed by atoms with Gasteiger partial charge in [-0.05, 0) is 78.0 Å². The third-order valence-corrected chi connectivity index (χ3v) is 7.50. The van der Waals surface area contributed by atoms with Crippen LogP contribution in [0, 0.1) is 0 Å². The van der Waals surface area contributed by atoms with Crippen molar-refractivity contribution in [1.29, 1.82) is 0 Å². The van der Waals surface area contributed by atoms with Crippen LogP contribution in [-0.2, 0) is 19.4 Å². The van der Waals surface area contributed by atoms with Crippen molar-refractivity contribution >= 4 is 23.8 Å². The zero-order valence-corrected chi connectivity index (χ0v) is 19.1. The summed E-state index contributed by atoms with van der Waals surface area (Å²) < 4.78 is 10.9. The number of thioether (sulfide) groups is 1. The molecule has 0 spiro atoms. The molecule has 0 saturated heterocycles. The van der Waals surface area contributed by atoms with E-state index in [1.165, 1.54) is 53.7 Å². The molecule has 30 heavy (non-hydrogen) atoms. The normalized spacial score (nSPS) is 17.8. The monoisotopic (exact) mass is 424 g/mol. The van der Waals surface area contributed by atoms with Crippen LogP contribution >= 0.6 is 11.8 Å². The van der Waals surface area contributed by atoms with Crippen LogP contribution in [0.15, 0.2) is 35.3 Å². The fraction of sp³-hybridized carbons (Fsp3) is 0.480. The first kappa shape index (κ1) is 21.1.